The molecule has 134 valence electrons. The molecular weight excluding hydrogens is 336 g/mol. The van der Waals surface area contributed by atoms with E-state index in [2.05, 4.69) is 0 Å². The molecule has 2 aliphatic heterocycles. The average molecular weight is 354 g/mol. The summed E-state index contributed by atoms with van der Waals surface area (Å²) in [6.45, 7) is 3.81. The highest BCUT2D eigenvalue weighted by molar-refractivity contribution is 6.06. The lowest BCUT2D eigenvalue weighted by Gasteiger charge is -2.30. The quantitative estimate of drug-likeness (QED) is 0.727. The van der Waals surface area contributed by atoms with E-state index in [-0.39, 0.29) is 41.0 Å². The molecule has 0 amide bonds. The van der Waals surface area contributed by atoms with Crippen molar-refractivity contribution in [2.45, 2.75) is 25.4 Å². The lowest BCUT2D eigenvalue weighted by molar-refractivity contribution is 0.0891. The molecule has 2 aromatic carbocycles. The van der Waals surface area contributed by atoms with Gasteiger partial charge in [-0.15, -0.1) is 0 Å². The summed E-state index contributed by atoms with van der Waals surface area (Å²) in [6, 6.07) is 5.66. The molecule has 1 atom stereocenters. The lowest BCUT2D eigenvalue weighted by atomic mass is 9.87. The molecule has 0 spiro atoms. The van der Waals surface area contributed by atoms with E-state index in [0.29, 0.717) is 16.9 Å². The molecule has 2 heterocycles. The van der Waals surface area contributed by atoms with Gasteiger partial charge in [-0.3, -0.25) is 4.79 Å². The van der Waals surface area contributed by atoms with E-state index < -0.39 is 11.5 Å². The van der Waals surface area contributed by atoms with Crippen LogP contribution in [-0.2, 0) is 0 Å². The van der Waals surface area contributed by atoms with Crippen LogP contribution in [0.1, 0.15) is 41.3 Å². The Morgan fingerprint density at radius 2 is 1.85 bits per heavy atom. The highest BCUT2D eigenvalue weighted by atomic mass is 16.5. The number of carbonyl (C=O) groups excluding carboxylic acids is 1. The number of hydrogen-bond donors (Lipinski definition) is 3. The second-order valence-corrected chi connectivity index (χ2v) is 7.06. The van der Waals surface area contributed by atoms with Crippen LogP contribution in [0.4, 0.5) is 0 Å². The van der Waals surface area contributed by atoms with Gasteiger partial charge in [0.25, 0.3) is 0 Å². The molecule has 0 fully saturated rings. The van der Waals surface area contributed by atoms with Crippen LogP contribution in [0.2, 0.25) is 0 Å². The molecule has 0 radical (unpaired) electrons. The van der Waals surface area contributed by atoms with Crippen LogP contribution < -0.4 is 9.47 Å². The van der Waals surface area contributed by atoms with Crippen LogP contribution in [0.25, 0.3) is 6.08 Å². The maximum Gasteiger partial charge on any atom is 0.181 e. The highest BCUT2D eigenvalue weighted by Gasteiger charge is 2.34. The molecule has 0 aliphatic carbocycles. The third-order valence-electron chi connectivity index (χ3n) is 4.59. The predicted molar refractivity (Wildman–Crippen MR) is 94.2 cm³/mol. The van der Waals surface area contributed by atoms with Crippen LogP contribution in [0.15, 0.2) is 30.3 Å². The Labute approximate surface area is 149 Å². The van der Waals surface area contributed by atoms with Gasteiger partial charge < -0.3 is 24.8 Å². The summed E-state index contributed by atoms with van der Waals surface area (Å²) in [7, 11) is 0. The molecule has 3 N–H and O–H groups in total. The second-order valence-electron chi connectivity index (χ2n) is 7.06. The Morgan fingerprint density at radius 1 is 1.08 bits per heavy atom. The van der Waals surface area contributed by atoms with Crippen LogP contribution in [-0.4, -0.2) is 33.3 Å². The molecule has 4 rings (SSSR count). The number of fused-ring (bicyclic) bond motifs is 2. The highest BCUT2D eigenvalue weighted by Crippen LogP contribution is 2.44. The molecule has 6 heteroatoms. The Balaban J connectivity index is 1.76. The van der Waals surface area contributed by atoms with E-state index in [9.17, 15) is 20.1 Å². The molecular formula is C20H18O6. The van der Waals surface area contributed by atoms with Gasteiger partial charge in [0.2, 0.25) is 0 Å². The van der Waals surface area contributed by atoms with E-state index >= 15 is 0 Å². The zero-order chi connectivity index (χ0) is 18.6. The van der Waals surface area contributed by atoms with Gasteiger partial charge in [-0.1, -0.05) is 6.08 Å². The van der Waals surface area contributed by atoms with Crippen molar-refractivity contribution in [2.24, 2.45) is 0 Å². The molecule has 0 aromatic heterocycles. The SMILES string of the molecule is CC1(C)C=Cc2cc([C@H]3COc4cc(O)cc(O)c4C3=O)cc(O)c2O1. The van der Waals surface area contributed by atoms with Crippen molar-refractivity contribution in [1.29, 1.82) is 0 Å². The summed E-state index contributed by atoms with van der Waals surface area (Å²) in [5.41, 5.74) is 0.747. The van der Waals surface area contributed by atoms with Crippen molar-refractivity contribution in [3.8, 4) is 28.7 Å². The molecule has 0 saturated carbocycles. The fraction of sp³-hybridized carbons (Fsp3) is 0.250. The summed E-state index contributed by atoms with van der Waals surface area (Å²) in [6.07, 6.45) is 3.72. The Bertz CT molecular complexity index is 957. The monoisotopic (exact) mass is 354 g/mol. The van der Waals surface area contributed by atoms with Gasteiger partial charge in [0.05, 0.1) is 5.92 Å². The van der Waals surface area contributed by atoms with Gasteiger partial charge >= 0.3 is 0 Å². The maximum absolute atomic E-state index is 12.9. The third kappa shape index (κ3) is 2.54. The second kappa shape index (κ2) is 5.42. The largest absolute Gasteiger partial charge is 0.508 e. The Kier molecular flexibility index (Phi) is 3.41. The number of ether oxygens (including phenoxy) is 2. The van der Waals surface area contributed by atoms with Gasteiger partial charge in [-0.25, -0.2) is 0 Å². The Morgan fingerprint density at radius 3 is 2.62 bits per heavy atom. The summed E-state index contributed by atoms with van der Waals surface area (Å²) in [5, 5.41) is 30.0. The van der Waals surface area contributed by atoms with Crippen molar-refractivity contribution < 1.29 is 29.6 Å². The number of phenols is 3. The minimum Gasteiger partial charge on any atom is -0.508 e. The number of benzene rings is 2. The fourth-order valence-corrected chi connectivity index (χ4v) is 3.30. The van der Waals surface area contributed by atoms with Gasteiger partial charge in [0, 0.05) is 17.7 Å². The number of aromatic hydroxyl groups is 3. The van der Waals surface area contributed by atoms with E-state index in [0.717, 1.165) is 6.07 Å². The summed E-state index contributed by atoms with van der Waals surface area (Å²) < 4.78 is 11.4. The van der Waals surface area contributed by atoms with Crippen LogP contribution >= 0.6 is 0 Å². The normalized spacial score (nSPS) is 19.9. The zero-order valence-corrected chi connectivity index (χ0v) is 14.3. The average Bonchev–Trinajstić information content (AvgIpc) is 2.54. The zero-order valence-electron chi connectivity index (χ0n) is 14.3. The van der Waals surface area contributed by atoms with E-state index in [1.165, 1.54) is 12.1 Å². The lowest BCUT2D eigenvalue weighted by Crippen LogP contribution is -2.28. The number of hydrogen-bond acceptors (Lipinski definition) is 6. The smallest absolute Gasteiger partial charge is 0.181 e. The first kappa shape index (κ1) is 16.3. The molecule has 0 saturated heterocycles. The standard InChI is InChI=1S/C20H18O6/c1-20(2)4-3-10-5-11(6-15(23)19(10)26-20)13-9-25-16-8-12(21)7-14(22)17(16)18(13)24/h3-8,13,21-23H,9H2,1-2H3/t13-/m1/s1. The first-order chi connectivity index (χ1) is 12.2. The predicted octanol–water partition coefficient (Wildman–Crippen LogP) is 3.35. The maximum atomic E-state index is 12.9. The van der Waals surface area contributed by atoms with E-state index in [4.69, 9.17) is 9.47 Å². The van der Waals surface area contributed by atoms with Crippen molar-refractivity contribution in [2.75, 3.05) is 6.61 Å². The minimum absolute atomic E-state index is 0.0317. The summed E-state index contributed by atoms with van der Waals surface area (Å²) >= 11 is 0. The van der Waals surface area contributed by atoms with Gasteiger partial charge in [-0.2, -0.15) is 0 Å². The van der Waals surface area contributed by atoms with Crippen molar-refractivity contribution in [3.05, 3.63) is 47.0 Å². The van der Waals surface area contributed by atoms with Gasteiger partial charge in [0.1, 0.15) is 35.0 Å². The van der Waals surface area contributed by atoms with Crippen molar-refractivity contribution >= 4 is 11.9 Å². The van der Waals surface area contributed by atoms with Gasteiger partial charge in [0.15, 0.2) is 17.3 Å². The Hall–Kier alpha value is -3.15. The number of Topliss-reactive ketones (excluding diaryl/α,β-unsaturated/α-hetero) is 1. The van der Waals surface area contributed by atoms with Crippen LogP contribution in [0, 0.1) is 0 Å². The topological polar surface area (TPSA) is 96.2 Å². The van der Waals surface area contributed by atoms with E-state index in [1.807, 2.05) is 26.0 Å². The molecule has 0 unspecified atom stereocenters. The van der Waals surface area contributed by atoms with Crippen molar-refractivity contribution in [3.63, 3.8) is 0 Å². The number of carbonyl (C=O) groups is 1. The molecule has 6 nitrogen and oxygen atoms in total. The number of ketones is 1. The fourth-order valence-electron chi connectivity index (χ4n) is 3.30. The van der Waals surface area contributed by atoms with E-state index in [1.54, 1.807) is 6.07 Å². The first-order valence-corrected chi connectivity index (χ1v) is 8.23. The minimum atomic E-state index is -0.683. The van der Waals surface area contributed by atoms with Crippen LogP contribution in [0.3, 0.4) is 0 Å². The molecule has 2 aromatic rings. The molecule has 0 bridgehead atoms. The van der Waals surface area contributed by atoms with Gasteiger partial charge in [-0.05, 0) is 37.6 Å². The molecule has 2 aliphatic rings. The van der Waals surface area contributed by atoms with Crippen molar-refractivity contribution in [1.82, 2.24) is 0 Å². The summed E-state index contributed by atoms with van der Waals surface area (Å²) in [4.78, 5) is 12.9. The number of phenolic OH excluding ortho intramolecular Hbond substituents is 3. The van der Waals surface area contributed by atoms with Crippen LogP contribution in [0.5, 0.6) is 28.7 Å². The summed E-state index contributed by atoms with van der Waals surface area (Å²) in [5.74, 6) is -1.05. The first-order valence-electron chi connectivity index (χ1n) is 8.23. The third-order valence-corrected chi connectivity index (χ3v) is 4.59. The number of rotatable bonds is 1. The molecule has 26 heavy (non-hydrogen) atoms.